The molecule has 1 aromatic heterocycles. The molecule has 1 fully saturated rings. The number of nitro benzene ring substituents is 1. The summed E-state index contributed by atoms with van der Waals surface area (Å²) in [6.45, 7) is 4.03. The number of nitrogens with zero attached hydrogens (tertiary/aromatic N) is 2. The molecule has 146 valence electrons. The van der Waals surface area contributed by atoms with Gasteiger partial charge in [0.2, 0.25) is 0 Å². The van der Waals surface area contributed by atoms with Gasteiger partial charge in [-0.05, 0) is 25.5 Å². The molecule has 0 spiro atoms. The van der Waals surface area contributed by atoms with Gasteiger partial charge < -0.3 is 14.4 Å². The van der Waals surface area contributed by atoms with Crippen molar-refractivity contribution in [3.63, 3.8) is 0 Å². The minimum Gasteiger partial charge on any atom is -0.507 e. The molecule has 1 unspecified atom stereocenters. The third-order valence-electron chi connectivity index (χ3n) is 4.65. The molecular weight excluding hydrogens is 364 g/mol. The standard InChI is InChI=1S/C20H20N2O6/c1-3-4-10-21-17(15-9-8-12(2)28-15)16(19(24)20(21)25)18(23)13-6-5-7-14(11-13)22(26)27/h5-9,11,17,23H,3-4,10H2,1-2H3/b18-16-. The number of carbonyl (C=O) groups is 2. The maximum absolute atomic E-state index is 12.7. The first-order chi connectivity index (χ1) is 13.3. The Morgan fingerprint density at radius 3 is 2.64 bits per heavy atom. The number of non-ortho nitro benzene ring substituents is 1. The second-order valence-corrected chi connectivity index (χ2v) is 6.60. The number of ketones is 1. The summed E-state index contributed by atoms with van der Waals surface area (Å²) in [7, 11) is 0. The topological polar surface area (TPSA) is 114 Å². The van der Waals surface area contributed by atoms with Gasteiger partial charge in [-0.25, -0.2) is 0 Å². The van der Waals surface area contributed by atoms with Gasteiger partial charge in [-0.15, -0.1) is 0 Å². The summed E-state index contributed by atoms with van der Waals surface area (Å²) in [4.78, 5) is 37.1. The van der Waals surface area contributed by atoms with Crippen LogP contribution in [0.2, 0.25) is 0 Å². The highest BCUT2D eigenvalue weighted by Crippen LogP contribution is 2.40. The zero-order chi connectivity index (χ0) is 20.4. The van der Waals surface area contributed by atoms with Crippen LogP contribution in [-0.4, -0.2) is 33.2 Å². The zero-order valence-electron chi connectivity index (χ0n) is 15.5. The van der Waals surface area contributed by atoms with Crippen molar-refractivity contribution in [2.75, 3.05) is 6.54 Å². The number of hydrogen-bond donors (Lipinski definition) is 1. The van der Waals surface area contributed by atoms with Gasteiger partial charge in [0.1, 0.15) is 23.3 Å². The summed E-state index contributed by atoms with van der Waals surface area (Å²) < 4.78 is 5.65. The molecule has 8 heteroatoms. The van der Waals surface area contributed by atoms with E-state index in [1.807, 2.05) is 6.92 Å². The molecule has 1 aromatic carbocycles. The van der Waals surface area contributed by atoms with Crippen LogP contribution in [0.15, 0.2) is 46.4 Å². The Labute approximate surface area is 161 Å². The minimum absolute atomic E-state index is 0.0935. The average molecular weight is 384 g/mol. The Hall–Kier alpha value is -3.42. The number of aryl methyl sites for hydroxylation is 1. The molecule has 0 radical (unpaired) electrons. The number of likely N-dealkylation sites (tertiary alicyclic amines) is 1. The first kappa shape index (κ1) is 19.3. The zero-order valence-corrected chi connectivity index (χ0v) is 15.5. The van der Waals surface area contributed by atoms with Gasteiger partial charge in [-0.2, -0.15) is 0 Å². The first-order valence-corrected chi connectivity index (χ1v) is 8.94. The summed E-state index contributed by atoms with van der Waals surface area (Å²) in [6.07, 6.45) is 1.50. The smallest absolute Gasteiger partial charge is 0.295 e. The van der Waals surface area contributed by atoms with E-state index in [4.69, 9.17) is 4.42 Å². The predicted molar refractivity (Wildman–Crippen MR) is 100 cm³/mol. The predicted octanol–water partition coefficient (Wildman–Crippen LogP) is 3.72. The normalized spacial score (nSPS) is 18.6. The first-order valence-electron chi connectivity index (χ1n) is 8.94. The number of nitro groups is 1. The van der Waals surface area contributed by atoms with Crippen LogP contribution in [0.5, 0.6) is 0 Å². The van der Waals surface area contributed by atoms with E-state index in [0.717, 1.165) is 6.42 Å². The number of amides is 1. The summed E-state index contributed by atoms with van der Waals surface area (Å²) in [5.41, 5.74) is -0.262. The van der Waals surface area contributed by atoms with Gasteiger partial charge in [0, 0.05) is 24.2 Å². The van der Waals surface area contributed by atoms with Crippen LogP contribution >= 0.6 is 0 Å². The Balaban J connectivity index is 2.16. The fourth-order valence-corrected chi connectivity index (χ4v) is 3.26. The Bertz CT molecular complexity index is 975. The SMILES string of the molecule is CCCCN1C(=O)C(=O)/C(=C(\O)c2cccc([N+](=O)[O-])c2)C1c1ccc(C)o1. The van der Waals surface area contributed by atoms with E-state index < -0.39 is 28.4 Å². The van der Waals surface area contributed by atoms with Gasteiger partial charge in [-0.1, -0.05) is 25.5 Å². The van der Waals surface area contributed by atoms with Gasteiger partial charge >= 0.3 is 0 Å². The third kappa shape index (κ3) is 3.40. The van der Waals surface area contributed by atoms with E-state index in [9.17, 15) is 24.8 Å². The molecule has 2 heterocycles. The maximum atomic E-state index is 12.7. The van der Waals surface area contributed by atoms with E-state index in [-0.39, 0.29) is 16.8 Å². The van der Waals surface area contributed by atoms with Crippen molar-refractivity contribution in [1.82, 2.24) is 4.90 Å². The number of hydrogen-bond acceptors (Lipinski definition) is 6. The molecule has 0 bridgehead atoms. The van der Waals surface area contributed by atoms with Crippen LogP contribution in [0, 0.1) is 17.0 Å². The Morgan fingerprint density at radius 1 is 1.29 bits per heavy atom. The molecule has 1 atom stereocenters. The molecule has 2 aromatic rings. The van der Waals surface area contributed by atoms with Crippen molar-refractivity contribution in [3.8, 4) is 0 Å². The van der Waals surface area contributed by atoms with E-state index in [1.54, 1.807) is 19.1 Å². The van der Waals surface area contributed by atoms with Crippen LogP contribution in [0.3, 0.4) is 0 Å². The molecular formula is C20H20N2O6. The van der Waals surface area contributed by atoms with Crippen molar-refractivity contribution in [2.45, 2.75) is 32.7 Å². The number of furan rings is 1. The molecule has 0 aliphatic carbocycles. The van der Waals surface area contributed by atoms with Gasteiger partial charge in [-0.3, -0.25) is 19.7 Å². The number of aliphatic hydroxyl groups is 1. The lowest BCUT2D eigenvalue weighted by Gasteiger charge is -2.23. The number of Topliss-reactive ketones (excluding diaryl/α,β-unsaturated/α-hetero) is 1. The third-order valence-corrected chi connectivity index (χ3v) is 4.65. The Kier molecular flexibility index (Phi) is 5.30. The van der Waals surface area contributed by atoms with Crippen molar-refractivity contribution in [2.24, 2.45) is 0 Å². The van der Waals surface area contributed by atoms with Crippen LogP contribution in [0.1, 0.15) is 42.9 Å². The van der Waals surface area contributed by atoms with Crippen LogP contribution in [0.4, 0.5) is 5.69 Å². The lowest BCUT2D eigenvalue weighted by molar-refractivity contribution is -0.384. The summed E-state index contributed by atoms with van der Waals surface area (Å²) in [5.74, 6) is -1.05. The van der Waals surface area contributed by atoms with E-state index >= 15 is 0 Å². The molecule has 1 amide bonds. The largest absolute Gasteiger partial charge is 0.507 e. The maximum Gasteiger partial charge on any atom is 0.295 e. The quantitative estimate of drug-likeness (QED) is 0.267. The molecule has 3 rings (SSSR count). The molecule has 1 N–H and O–H groups in total. The number of carbonyl (C=O) groups excluding carboxylic acids is 2. The van der Waals surface area contributed by atoms with Crippen LogP contribution in [0.25, 0.3) is 5.76 Å². The number of benzene rings is 1. The monoisotopic (exact) mass is 384 g/mol. The molecule has 28 heavy (non-hydrogen) atoms. The van der Waals surface area contributed by atoms with E-state index in [1.165, 1.54) is 29.2 Å². The lowest BCUT2D eigenvalue weighted by atomic mass is 9.99. The van der Waals surface area contributed by atoms with E-state index in [2.05, 4.69) is 0 Å². The highest BCUT2D eigenvalue weighted by molar-refractivity contribution is 6.46. The number of rotatable bonds is 6. The fourth-order valence-electron chi connectivity index (χ4n) is 3.26. The Morgan fingerprint density at radius 2 is 2.04 bits per heavy atom. The summed E-state index contributed by atoms with van der Waals surface area (Å²) in [6, 6.07) is 7.80. The minimum atomic E-state index is -0.875. The summed E-state index contributed by atoms with van der Waals surface area (Å²) >= 11 is 0. The average Bonchev–Trinajstić information content (AvgIpc) is 3.21. The summed E-state index contributed by atoms with van der Waals surface area (Å²) in [5, 5.41) is 21.8. The second-order valence-electron chi connectivity index (χ2n) is 6.60. The molecule has 8 nitrogen and oxygen atoms in total. The number of aliphatic hydroxyl groups excluding tert-OH is 1. The van der Waals surface area contributed by atoms with Crippen molar-refractivity contribution < 1.29 is 24.0 Å². The van der Waals surface area contributed by atoms with Gasteiger partial charge in [0.05, 0.1) is 10.5 Å². The highest BCUT2D eigenvalue weighted by Gasteiger charge is 2.47. The molecule has 1 aliphatic heterocycles. The molecule has 1 saturated heterocycles. The van der Waals surface area contributed by atoms with Crippen molar-refractivity contribution in [1.29, 1.82) is 0 Å². The van der Waals surface area contributed by atoms with Crippen molar-refractivity contribution in [3.05, 3.63) is 69.2 Å². The lowest BCUT2D eigenvalue weighted by Crippen LogP contribution is -2.30. The van der Waals surface area contributed by atoms with Gasteiger partial charge in [0.25, 0.3) is 17.4 Å². The fraction of sp³-hybridized carbons (Fsp3) is 0.300. The second kappa shape index (κ2) is 7.67. The van der Waals surface area contributed by atoms with Crippen molar-refractivity contribution >= 4 is 23.1 Å². The van der Waals surface area contributed by atoms with Crippen LogP contribution < -0.4 is 0 Å². The molecule has 0 saturated carbocycles. The van der Waals surface area contributed by atoms with Crippen LogP contribution in [-0.2, 0) is 9.59 Å². The molecule has 1 aliphatic rings. The van der Waals surface area contributed by atoms with Gasteiger partial charge in [0.15, 0.2) is 0 Å². The van der Waals surface area contributed by atoms with E-state index in [0.29, 0.717) is 24.5 Å². The highest BCUT2D eigenvalue weighted by atomic mass is 16.6. The number of unbranched alkanes of at least 4 members (excludes halogenated alkanes) is 1.